The summed E-state index contributed by atoms with van der Waals surface area (Å²) in [5.74, 6) is -0.904. The largest absolute Gasteiger partial charge is 0.481 e. The number of halogens is 1. The molecule has 1 fully saturated rings. The summed E-state index contributed by atoms with van der Waals surface area (Å²) in [5.41, 5.74) is 0.923. The number of amides is 1. The van der Waals surface area contributed by atoms with Crippen molar-refractivity contribution in [3.8, 4) is 0 Å². The molecule has 1 aromatic carbocycles. The number of benzene rings is 1. The predicted molar refractivity (Wildman–Crippen MR) is 85.7 cm³/mol. The maximum Gasteiger partial charge on any atom is 0.305 e. The summed E-state index contributed by atoms with van der Waals surface area (Å²) in [6.45, 7) is 1.50. The summed E-state index contributed by atoms with van der Waals surface area (Å²) in [7, 11) is 0. The second kappa shape index (κ2) is 8.29. The summed E-state index contributed by atoms with van der Waals surface area (Å²) >= 11 is 3.40. The molecule has 0 aliphatic carbocycles. The van der Waals surface area contributed by atoms with Crippen LogP contribution in [0.4, 0.5) is 0 Å². The molecule has 5 nitrogen and oxygen atoms in total. The molecule has 1 aromatic rings. The van der Waals surface area contributed by atoms with Crippen molar-refractivity contribution in [2.24, 2.45) is 0 Å². The number of carboxylic acids is 1. The maximum absolute atomic E-state index is 12.6. The molecule has 0 radical (unpaired) electrons. The van der Waals surface area contributed by atoms with Crippen LogP contribution in [0, 0.1) is 0 Å². The number of rotatable bonds is 6. The molecule has 1 saturated heterocycles. The van der Waals surface area contributed by atoms with Gasteiger partial charge in [0.15, 0.2) is 0 Å². The Morgan fingerprint density at radius 2 is 2.05 bits per heavy atom. The zero-order valence-electron chi connectivity index (χ0n) is 12.3. The van der Waals surface area contributed by atoms with Crippen LogP contribution in [0.2, 0.25) is 0 Å². The maximum atomic E-state index is 12.6. The zero-order chi connectivity index (χ0) is 15.9. The van der Waals surface area contributed by atoms with Crippen LogP contribution in [-0.2, 0) is 20.7 Å². The molecule has 2 rings (SSSR count). The average Bonchev–Trinajstić information content (AvgIpc) is 2.48. The summed E-state index contributed by atoms with van der Waals surface area (Å²) in [5, 5.41) is 8.90. The lowest BCUT2D eigenvalue weighted by molar-refractivity contribution is -0.140. The van der Waals surface area contributed by atoms with Crippen LogP contribution in [0.5, 0.6) is 0 Å². The van der Waals surface area contributed by atoms with Crippen LogP contribution >= 0.6 is 15.9 Å². The van der Waals surface area contributed by atoms with Gasteiger partial charge in [0.25, 0.3) is 0 Å². The van der Waals surface area contributed by atoms with Crippen molar-refractivity contribution in [1.29, 1.82) is 0 Å². The number of hydrogen-bond acceptors (Lipinski definition) is 3. The average molecular weight is 370 g/mol. The highest BCUT2D eigenvalue weighted by atomic mass is 79.9. The fourth-order valence-electron chi connectivity index (χ4n) is 2.65. The van der Waals surface area contributed by atoms with Crippen molar-refractivity contribution < 1.29 is 19.4 Å². The second-order valence-corrected chi connectivity index (χ2v) is 6.30. The van der Waals surface area contributed by atoms with Crippen LogP contribution in [0.25, 0.3) is 0 Å². The Kier molecular flexibility index (Phi) is 6.39. The van der Waals surface area contributed by atoms with Gasteiger partial charge in [-0.15, -0.1) is 0 Å². The molecular formula is C16H20BrNO4. The van der Waals surface area contributed by atoms with E-state index in [0.29, 0.717) is 13.2 Å². The Bertz CT molecular complexity index is 529. The van der Waals surface area contributed by atoms with Crippen LogP contribution < -0.4 is 0 Å². The predicted octanol–water partition coefficient (Wildman–Crippen LogP) is 2.47. The molecular weight excluding hydrogens is 350 g/mol. The number of carbonyl (C=O) groups excluding carboxylic acids is 1. The molecule has 6 heteroatoms. The topological polar surface area (TPSA) is 66.8 Å². The third kappa shape index (κ3) is 5.10. The van der Waals surface area contributed by atoms with Crippen LogP contribution in [-0.4, -0.2) is 47.7 Å². The standard InChI is InChI=1S/C16H20BrNO4/c17-13-3-1-2-12(10-13)11-15(19)18(7-4-16(20)21)14-5-8-22-9-6-14/h1-3,10,14H,4-9,11H2,(H,20,21). The summed E-state index contributed by atoms with van der Waals surface area (Å²) in [4.78, 5) is 25.2. The van der Waals surface area contributed by atoms with E-state index in [-0.39, 0.29) is 31.3 Å². The number of carboxylic acid groups (broad SMARTS) is 1. The Morgan fingerprint density at radius 1 is 1.32 bits per heavy atom. The van der Waals surface area contributed by atoms with E-state index in [9.17, 15) is 9.59 Å². The van der Waals surface area contributed by atoms with E-state index in [1.807, 2.05) is 24.3 Å². The van der Waals surface area contributed by atoms with Crippen molar-refractivity contribution in [2.45, 2.75) is 31.7 Å². The van der Waals surface area contributed by atoms with E-state index in [1.165, 1.54) is 0 Å². The van der Waals surface area contributed by atoms with Gasteiger partial charge in [0.1, 0.15) is 0 Å². The smallest absolute Gasteiger partial charge is 0.305 e. The van der Waals surface area contributed by atoms with Crippen LogP contribution in [0.1, 0.15) is 24.8 Å². The number of hydrogen-bond donors (Lipinski definition) is 1. The highest BCUT2D eigenvalue weighted by Crippen LogP contribution is 2.18. The number of ether oxygens (including phenoxy) is 1. The highest BCUT2D eigenvalue weighted by Gasteiger charge is 2.26. The zero-order valence-corrected chi connectivity index (χ0v) is 13.9. The van der Waals surface area contributed by atoms with Gasteiger partial charge in [0.05, 0.1) is 12.8 Å². The summed E-state index contributed by atoms with van der Waals surface area (Å²) < 4.78 is 6.26. The quantitative estimate of drug-likeness (QED) is 0.836. The first-order valence-electron chi connectivity index (χ1n) is 7.39. The first-order chi connectivity index (χ1) is 10.6. The molecule has 120 valence electrons. The van der Waals surface area contributed by atoms with Gasteiger partial charge in [0, 0.05) is 30.3 Å². The van der Waals surface area contributed by atoms with E-state index in [4.69, 9.17) is 9.84 Å². The number of aliphatic carboxylic acids is 1. The van der Waals surface area contributed by atoms with Gasteiger partial charge in [0.2, 0.25) is 5.91 Å². The first-order valence-corrected chi connectivity index (χ1v) is 8.19. The molecule has 0 bridgehead atoms. The molecule has 1 N–H and O–H groups in total. The minimum Gasteiger partial charge on any atom is -0.481 e. The van der Waals surface area contributed by atoms with Gasteiger partial charge in [-0.25, -0.2) is 0 Å². The van der Waals surface area contributed by atoms with E-state index in [2.05, 4.69) is 15.9 Å². The molecule has 1 heterocycles. The number of nitrogens with zero attached hydrogens (tertiary/aromatic N) is 1. The Morgan fingerprint density at radius 3 is 2.68 bits per heavy atom. The Hall–Kier alpha value is -1.40. The van der Waals surface area contributed by atoms with E-state index >= 15 is 0 Å². The van der Waals surface area contributed by atoms with Crippen LogP contribution in [0.3, 0.4) is 0 Å². The third-order valence-corrected chi connectivity index (χ3v) is 4.26. The lowest BCUT2D eigenvalue weighted by atomic mass is 10.0. The first kappa shape index (κ1) is 17.0. The van der Waals surface area contributed by atoms with Gasteiger partial charge in [-0.2, -0.15) is 0 Å². The molecule has 1 aliphatic rings. The van der Waals surface area contributed by atoms with E-state index in [0.717, 1.165) is 22.9 Å². The lowest BCUT2D eigenvalue weighted by Crippen LogP contribution is -2.45. The minimum atomic E-state index is -0.882. The fraction of sp³-hybridized carbons (Fsp3) is 0.500. The molecule has 1 aliphatic heterocycles. The van der Waals surface area contributed by atoms with Gasteiger partial charge < -0.3 is 14.7 Å². The molecule has 0 spiro atoms. The summed E-state index contributed by atoms with van der Waals surface area (Å²) in [6.07, 6.45) is 1.80. The van der Waals surface area contributed by atoms with Crippen LogP contribution in [0.15, 0.2) is 28.7 Å². The Balaban J connectivity index is 2.05. The van der Waals surface area contributed by atoms with Gasteiger partial charge >= 0.3 is 5.97 Å². The lowest BCUT2D eigenvalue weighted by Gasteiger charge is -2.34. The monoisotopic (exact) mass is 369 g/mol. The van der Waals surface area contributed by atoms with Crippen molar-refractivity contribution in [1.82, 2.24) is 4.90 Å². The molecule has 22 heavy (non-hydrogen) atoms. The molecule has 1 amide bonds. The molecule has 0 unspecified atom stereocenters. The summed E-state index contributed by atoms with van der Waals surface area (Å²) in [6, 6.07) is 7.70. The van der Waals surface area contributed by atoms with Crippen molar-refractivity contribution in [3.05, 3.63) is 34.3 Å². The normalized spacial score (nSPS) is 15.5. The third-order valence-electron chi connectivity index (χ3n) is 3.76. The Labute approximate surface area is 138 Å². The van der Waals surface area contributed by atoms with Gasteiger partial charge in [-0.3, -0.25) is 9.59 Å². The highest BCUT2D eigenvalue weighted by molar-refractivity contribution is 9.10. The van der Waals surface area contributed by atoms with Gasteiger partial charge in [-0.05, 0) is 30.5 Å². The van der Waals surface area contributed by atoms with Crippen molar-refractivity contribution >= 4 is 27.8 Å². The molecule has 0 aromatic heterocycles. The minimum absolute atomic E-state index is 0.0220. The number of carbonyl (C=O) groups is 2. The van der Waals surface area contributed by atoms with E-state index in [1.54, 1.807) is 4.90 Å². The van der Waals surface area contributed by atoms with Gasteiger partial charge in [-0.1, -0.05) is 28.1 Å². The molecule has 0 atom stereocenters. The van der Waals surface area contributed by atoms with E-state index < -0.39 is 5.97 Å². The second-order valence-electron chi connectivity index (χ2n) is 5.38. The van der Waals surface area contributed by atoms with Crippen molar-refractivity contribution in [3.63, 3.8) is 0 Å². The molecule has 0 saturated carbocycles. The SMILES string of the molecule is O=C(O)CCN(C(=O)Cc1cccc(Br)c1)C1CCOCC1. The van der Waals surface area contributed by atoms with Crippen molar-refractivity contribution in [2.75, 3.05) is 19.8 Å². The fourth-order valence-corrected chi connectivity index (χ4v) is 3.09.